The minimum Gasteiger partial charge on any atom is -0.392 e. The Bertz CT molecular complexity index is 346. The third-order valence-electron chi connectivity index (χ3n) is 1.74. The van der Waals surface area contributed by atoms with Crippen LogP contribution in [0.1, 0.15) is 23.0 Å². The molecule has 0 aliphatic rings. The number of hydrogen-bond donors (Lipinski definition) is 2. The van der Waals surface area contributed by atoms with E-state index in [1.165, 1.54) is 6.07 Å². The van der Waals surface area contributed by atoms with Crippen molar-refractivity contribution >= 4 is 17.5 Å². The molecule has 0 bridgehead atoms. The van der Waals surface area contributed by atoms with Crippen molar-refractivity contribution < 1.29 is 9.90 Å². The second-order valence-corrected chi connectivity index (χ2v) is 3.77. The zero-order chi connectivity index (χ0) is 11.4. The lowest BCUT2D eigenvalue weighted by Crippen LogP contribution is -2.30. The number of rotatable bonds is 3. The molecular weight excluding hydrogens is 216 g/mol. The molecule has 0 aromatic carbocycles. The van der Waals surface area contributed by atoms with Crippen molar-refractivity contribution in [3.05, 3.63) is 28.5 Å². The highest BCUT2D eigenvalue weighted by atomic mass is 35.5. The van der Waals surface area contributed by atoms with Gasteiger partial charge >= 0.3 is 0 Å². The van der Waals surface area contributed by atoms with Crippen molar-refractivity contribution in [1.29, 1.82) is 0 Å². The van der Waals surface area contributed by atoms with Crippen LogP contribution >= 0.6 is 11.6 Å². The summed E-state index contributed by atoms with van der Waals surface area (Å²) in [6.07, 6.45) is -0.563. The van der Waals surface area contributed by atoms with Crippen molar-refractivity contribution in [2.75, 3.05) is 6.54 Å². The fourth-order valence-corrected chi connectivity index (χ4v) is 1.35. The molecule has 2 N–H and O–H groups in total. The number of carbonyl (C=O) groups excluding carboxylic acids is 1. The molecule has 0 unspecified atom stereocenters. The molecule has 0 radical (unpaired) electrons. The van der Waals surface area contributed by atoms with E-state index >= 15 is 0 Å². The topological polar surface area (TPSA) is 62.2 Å². The van der Waals surface area contributed by atoms with Crippen LogP contribution in [0, 0.1) is 6.92 Å². The van der Waals surface area contributed by atoms with Crippen molar-refractivity contribution in [2.45, 2.75) is 20.0 Å². The van der Waals surface area contributed by atoms with Crippen LogP contribution in [0.3, 0.4) is 0 Å². The highest BCUT2D eigenvalue weighted by molar-refractivity contribution is 6.29. The number of aliphatic hydroxyl groups is 1. The Labute approximate surface area is 93.3 Å². The summed E-state index contributed by atoms with van der Waals surface area (Å²) >= 11 is 5.72. The molecule has 5 heteroatoms. The second kappa shape index (κ2) is 5.09. The predicted octanol–water partition coefficient (Wildman–Crippen LogP) is 1.15. The first-order valence-corrected chi connectivity index (χ1v) is 4.97. The van der Waals surface area contributed by atoms with Gasteiger partial charge in [0.15, 0.2) is 0 Å². The molecule has 1 atom stereocenters. The van der Waals surface area contributed by atoms with Gasteiger partial charge in [-0.3, -0.25) is 4.79 Å². The maximum atomic E-state index is 11.5. The minimum absolute atomic E-state index is 0.220. The van der Waals surface area contributed by atoms with Gasteiger partial charge in [0.25, 0.3) is 5.91 Å². The summed E-state index contributed by atoms with van der Waals surface area (Å²) in [6, 6.07) is 3.13. The van der Waals surface area contributed by atoms with E-state index in [0.717, 1.165) is 0 Å². The van der Waals surface area contributed by atoms with Gasteiger partial charge in [-0.25, -0.2) is 4.98 Å². The maximum absolute atomic E-state index is 11.5. The number of amides is 1. The number of aromatic nitrogens is 1. The molecule has 82 valence electrons. The van der Waals surface area contributed by atoms with Crippen LogP contribution in [0.25, 0.3) is 0 Å². The van der Waals surface area contributed by atoms with E-state index < -0.39 is 6.10 Å². The summed E-state index contributed by atoms with van der Waals surface area (Å²) in [4.78, 5) is 15.5. The van der Waals surface area contributed by atoms with E-state index in [4.69, 9.17) is 16.7 Å². The number of pyridine rings is 1. The third kappa shape index (κ3) is 3.85. The summed E-state index contributed by atoms with van der Waals surface area (Å²) in [5, 5.41) is 11.9. The number of nitrogens with one attached hydrogen (secondary N) is 1. The lowest BCUT2D eigenvalue weighted by molar-refractivity contribution is 0.0924. The number of halogens is 1. The first kappa shape index (κ1) is 11.9. The molecule has 0 saturated carbocycles. The van der Waals surface area contributed by atoms with Crippen LogP contribution < -0.4 is 5.32 Å². The van der Waals surface area contributed by atoms with Gasteiger partial charge in [0, 0.05) is 17.8 Å². The summed E-state index contributed by atoms with van der Waals surface area (Å²) in [6.45, 7) is 3.58. The lowest BCUT2D eigenvalue weighted by atomic mass is 10.2. The quantitative estimate of drug-likeness (QED) is 0.763. The van der Waals surface area contributed by atoms with Crippen LogP contribution in [0.5, 0.6) is 0 Å². The smallest absolute Gasteiger partial charge is 0.251 e. The van der Waals surface area contributed by atoms with Crippen molar-refractivity contribution in [2.24, 2.45) is 0 Å². The van der Waals surface area contributed by atoms with E-state index in [-0.39, 0.29) is 17.6 Å². The molecular formula is C10H13ClN2O2. The van der Waals surface area contributed by atoms with Crippen LogP contribution in [0.2, 0.25) is 5.15 Å². The highest BCUT2D eigenvalue weighted by Gasteiger charge is 2.08. The summed E-state index contributed by atoms with van der Waals surface area (Å²) in [5.41, 5.74) is 1.14. The molecule has 1 aromatic rings. The Morgan fingerprint density at radius 2 is 2.33 bits per heavy atom. The van der Waals surface area contributed by atoms with Crippen molar-refractivity contribution in [3.8, 4) is 0 Å². The normalized spacial score (nSPS) is 12.3. The number of hydrogen-bond acceptors (Lipinski definition) is 3. The van der Waals surface area contributed by atoms with Gasteiger partial charge in [-0.05, 0) is 26.0 Å². The fraction of sp³-hybridized carbons (Fsp3) is 0.400. The predicted molar refractivity (Wildman–Crippen MR) is 58.0 cm³/mol. The zero-order valence-electron chi connectivity index (χ0n) is 8.62. The maximum Gasteiger partial charge on any atom is 0.251 e. The van der Waals surface area contributed by atoms with Gasteiger partial charge in [-0.2, -0.15) is 0 Å². The van der Waals surface area contributed by atoms with Crippen LogP contribution in [0.4, 0.5) is 0 Å². The van der Waals surface area contributed by atoms with Crippen LogP contribution in [-0.4, -0.2) is 28.6 Å². The molecule has 1 heterocycles. The van der Waals surface area contributed by atoms with E-state index in [0.29, 0.717) is 11.3 Å². The molecule has 1 amide bonds. The van der Waals surface area contributed by atoms with Gasteiger partial charge in [0.1, 0.15) is 5.15 Å². The standard InChI is InChI=1S/C10H13ClN2O2/c1-6-3-8(4-9(11)13-6)10(15)12-5-7(2)14/h3-4,7,14H,5H2,1-2H3,(H,12,15)/t7-/m0/s1. The number of carbonyl (C=O) groups is 1. The zero-order valence-corrected chi connectivity index (χ0v) is 9.38. The molecule has 1 rings (SSSR count). The first-order valence-electron chi connectivity index (χ1n) is 4.59. The van der Waals surface area contributed by atoms with Gasteiger partial charge in [0.05, 0.1) is 6.10 Å². The fourth-order valence-electron chi connectivity index (χ4n) is 1.10. The third-order valence-corrected chi connectivity index (χ3v) is 1.94. The summed E-state index contributed by atoms with van der Waals surface area (Å²) in [7, 11) is 0. The van der Waals surface area contributed by atoms with Gasteiger partial charge in [0.2, 0.25) is 0 Å². The van der Waals surface area contributed by atoms with Gasteiger partial charge < -0.3 is 10.4 Å². The van der Waals surface area contributed by atoms with E-state index in [2.05, 4.69) is 10.3 Å². The van der Waals surface area contributed by atoms with E-state index in [9.17, 15) is 4.79 Å². The number of aliphatic hydroxyl groups excluding tert-OH is 1. The minimum atomic E-state index is -0.563. The molecule has 15 heavy (non-hydrogen) atoms. The number of nitrogens with zero attached hydrogens (tertiary/aromatic N) is 1. The van der Waals surface area contributed by atoms with Crippen LogP contribution in [0.15, 0.2) is 12.1 Å². The highest BCUT2D eigenvalue weighted by Crippen LogP contribution is 2.10. The van der Waals surface area contributed by atoms with E-state index in [1.807, 2.05) is 0 Å². The Kier molecular flexibility index (Phi) is 4.05. The lowest BCUT2D eigenvalue weighted by Gasteiger charge is -2.07. The molecule has 0 aliphatic carbocycles. The molecule has 0 saturated heterocycles. The summed E-state index contributed by atoms with van der Waals surface area (Å²) < 4.78 is 0. The molecule has 0 spiro atoms. The Hall–Kier alpha value is -1.13. The summed E-state index contributed by atoms with van der Waals surface area (Å²) in [5.74, 6) is -0.261. The van der Waals surface area contributed by atoms with Gasteiger partial charge in [-0.15, -0.1) is 0 Å². The Morgan fingerprint density at radius 1 is 1.67 bits per heavy atom. The molecule has 1 aromatic heterocycles. The van der Waals surface area contributed by atoms with Gasteiger partial charge in [-0.1, -0.05) is 11.6 Å². The largest absolute Gasteiger partial charge is 0.392 e. The molecule has 4 nitrogen and oxygen atoms in total. The molecule has 0 aliphatic heterocycles. The van der Waals surface area contributed by atoms with Crippen LogP contribution in [-0.2, 0) is 0 Å². The average molecular weight is 229 g/mol. The van der Waals surface area contributed by atoms with E-state index in [1.54, 1.807) is 19.9 Å². The Balaban J connectivity index is 2.73. The Morgan fingerprint density at radius 3 is 2.87 bits per heavy atom. The average Bonchev–Trinajstić information content (AvgIpc) is 2.12. The monoisotopic (exact) mass is 228 g/mol. The number of aryl methyl sites for hydroxylation is 1. The van der Waals surface area contributed by atoms with Crippen molar-refractivity contribution in [3.63, 3.8) is 0 Å². The second-order valence-electron chi connectivity index (χ2n) is 3.38. The SMILES string of the molecule is Cc1cc(C(=O)NC[C@H](C)O)cc(Cl)n1. The molecule has 0 fully saturated rings. The first-order chi connectivity index (χ1) is 6.99. The van der Waals surface area contributed by atoms with Crippen molar-refractivity contribution in [1.82, 2.24) is 10.3 Å².